The van der Waals surface area contributed by atoms with Gasteiger partial charge >= 0.3 is 0 Å². The SMILES string of the molecule is OC[C@H]1O[C@@H](OI)[C@H](O)[C@@H](O)[C@@H]1O. The number of ether oxygens (including phenoxy) is 1. The molecule has 4 N–H and O–H groups in total. The zero-order valence-electron chi connectivity index (χ0n) is 6.58. The van der Waals surface area contributed by atoms with Crippen molar-refractivity contribution in [1.29, 1.82) is 0 Å². The fourth-order valence-corrected chi connectivity index (χ4v) is 1.56. The van der Waals surface area contributed by atoms with Crippen molar-refractivity contribution >= 4 is 23.0 Å². The van der Waals surface area contributed by atoms with Gasteiger partial charge in [-0.25, -0.2) is 0 Å². The lowest BCUT2D eigenvalue weighted by atomic mass is 10.00. The van der Waals surface area contributed by atoms with Gasteiger partial charge in [0.05, 0.1) is 6.61 Å². The van der Waals surface area contributed by atoms with E-state index in [1.807, 2.05) is 0 Å². The molecule has 0 radical (unpaired) electrons. The molecule has 0 aromatic heterocycles. The predicted molar refractivity (Wildman–Crippen MR) is 48.9 cm³/mol. The number of rotatable bonds is 2. The molecule has 1 aliphatic heterocycles. The summed E-state index contributed by atoms with van der Waals surface area (Å²) in [5.41, 5.74) is 0. The van der Waals surface area contributed by atoms with Crippen molar-refractivity contribution in [2.75, 3.05) is 6.61 Å². The third-order valence-electron chi connectivity index (χ3n) is 1.94. The zero-order chi connectivity index (χ0) is 10.0. The second kappa shape index (κ2) is 4.82. The summed E-state index contributed by atoms with van der Waals surface area (Å²) in [7, 11) is 0. The highest BCUT2D eigenvalue weighted by Crippen LogP contribution is 2.22. The van der Waals surface area contributed by atoms with Gasteiger partial charge in [-0.1, -0.05) is 0 Å². The molecule has 0 saturated carbocycles. The quantitative estimate of drug-likeness (QED) is 0.447. The molecule has 6 nitrogen and oxygen atoms in total. The smallest absolute Gasteiger partial charge is 0.197 e. The highest BCUT2D eigenvalue weighted by molar-refractivity contribution is 14.1. The average molecular weight is 306 g/mol. The standard InChI is InChI=1S/C6H11IO6/c7-13-6-5(11)4(10)3(9)2(1-8)12-6/h2-6,8-11H,1H2/t2-,3-,4+,5-,6+/m1/s1. The van der Waals surface area contributed by atoms with E-state index in [4.69, 9.17) is 9.84 Å². The third-order valence-corrected chi connectivity index (χ3v) is 2.44. The number of hydrogen-bond acceptors (Lipinski definition) is 6. The first-order valence-corrected chi connectivity index (χ1v) is 4.57. The van der Waals surface area contributed by atoms with Crippen LogP contribution in [-0.4, -0.2) is 57.7 Å². The molecule has 1 saturated heterocycles. The molecule has 1 heterocycles. The summed E-state index contributed by atoms with van der Waals surface area (Å²) in [6, 6.07) is 0. The Morgan fingerprint density at radius 2 is 1.77 bits per heavy atom. The van der Waals surface area contributed by atoms with Crippen LogP contribution in [0.2, 0.25) is 0 Å². The molecule has 5 atom stereocenters. The molecule has 1 fully saturated rings. The summed E-state index contributed by atoms with van der Waals surface area (Å²) < 4.78 is 9.61. The van der Waals surface area contributed by atoms with Crippen LogP contribution in [0.1, 0.15) is 0 Å². The molecule has 1 aliphatic rings. The van der Waals surface area contributed by atoms with E-state index < -0.39 is 37.3 Å². The molecule has 1 rings (SSSR count). The third kappa shape index (κ3) is 2.29. The summed E-state index contributed by atoms with van der Waals surface area (Å²) in [5, 5.41) is 36.6. The maximum atomic E-state index is 9.27. The summed E-state index contributed by atoms with van der Waals surface area (Å²) in [6.07, 6.45) is -5.95. The predicted octanol–water partition coefficient (Wildman–Crippen LogP) is -1.85. The van der Waals surface area contributed by atoms with Crippen LogP contribution in [0, 0.1) is 0 Å². The molecule has 78 valence electrons. The summed E-state index contributed by atoms with van der Waals surface area (Å²) in [4.78, 5) is 0. The minimum atomic E-state index is -1.37. The first-order valence-electron chi connectivity index (χ1n) is 3.69. The van der Waals surface area contributed by atoms with Gasteiger partial charge in [0.2, 0.25) is 0 Å². The molecule has 0 spiro atoms. The largest absolute Gasteiger partial charge is 0.394 e. The molecule has 0 bridgehead atoms. The Kier molecular flexibility index (Phi) is 4.29. The molecule has 13 heavy (non-hydrogen) atoms. The normalized spacial score (nSPS) is 46.4. The maximum Gasteiger partial charge on any atom is 0.197 e. The van der Waals surface area contributed by atoms with Gasteiger partial charge in [-0.05, 0) is 0 Å². The Morgan fingerprint density at radius 3 is 2.23 bits per heavy atom. The van der Waals surface area contributed by atoms with Gasteiger partial charge in [-0.3, -0.25) is 3.07 Å². The van der Waals surface area contributed by atoms with Crippen molar-refractivity contribution in [3.8, 4) is 0 Å². The van der Waals surface area contributed by atoms with Crippen LogP contribution in [-0.2, 0) is 7.80 Å². The van der Waals surface area contributed by atoms with E-state index in [0.29, 0.717) is 0 Å². The number of hydrogen-bond donors (Lipinski definition) is 4. The van der Waals surface area contributed by atoms with E-state index >= 15 is 0 Å². The Balaban J connectivity index is 2.66. The van der Waals surface area contributed by atoms with E-state index in [-0.39, 0.29) is 0 Å². The molecule has 0 aromatic carbocycles. The molecule has 0 amide bonds. The van der Waals surface area contributed by atoms with Gasteiger partial charge < -0.3 is 25.2 Å². The molecular weight excluding hydrogens is 295 g/mol. The second-order valence-corrected chi connectivity index (χ2v) is 3.29. The lowest BCUT2D eigenvalue weighted by molar-refractivity contribution is -0.269. The molecule has 0 aliphatic carbocycles. The van der Waals surface area contributed by atoms with Crippen molar-refractivity contribution in [3.63, 3.8) is 0 Å². The van der Waals surface area contributed by atoms with Crippen molar-refractivity contribution in [2.24, 2.45) is 0 Å². The highest BCUT2D eigenvalue weighted by atomic mass is 127. The van der Waals surface area contributed by atoms with E-state index in [9.17, 15) is 15.3 Å². The van der Waals surface area contributed by atoms with E-state index in [2.05, 4.69) is 3.07 Å². The van der Waals surface area contributed by atoms with Crippen molar-refractivity contribution < 1.29 is 28.2 Å². The average Bonchev–Trinajstić information content (AvgIpc) is 2.15. The van der Waals surface area contributed by atoms with Crippen LogP contribution in [0.4, 0.5) is 0 Å². The van der Waals surface area contributed by atoms with Crippen molar-refractivity contribution in [2.45, 2.75) is 30.7 Å². The molecule has 0 aromatic rings. The minimum Gasteiger partial charge on any atom is -0.394 e. The van der Waals surface area contributed by atoms with Crippen LogP contribution in [0.5, 0.6) is 0 Å². The summed E-state index contributed by atoms with van der Waals surface area (Å²) in [5.74, 6) is 0. The van der Waals surface area contributed by atoms with Gasteiger partial charge in [0.1, 0.15) is 47.4 Å². The van der Waals surface area contributed by atoms with E-state index in [0.717, 1.165) is 0 Å². The Hall–Kier alpha value is 0.490. The van der Waals surface area contributed by atoms with Crippen LogP contribution < -0.4 is 0 Å². The van der Waals surface area contributed by atoms with Gasteiger partial charge in [0.15, 0.2) is 6.29 Å². The topological polar surface area (TPSA) is 99.4 Å². The first kappa shape index (κ1) is 11.6. The molecule has 0 unspecified atom stereocenters. The number of aliphatic hydroxyl groups excluding tert-OH is 4. The Labute approximate surface area is 88.8 Å². The lowest BCUT2D eigenvalue weighted by Crippen LogP contribution is -2.58. The lowest BCUT2D eigenvalue weighted by Gasteiger charge is -2.38. The van der Waals surface area contributed by atoms with Crippen LogP contribution in [0.25, 0.3) is 0 Å². The fraction of sp³-hybridized carbons (Fsp3) is 1.00. The number of halogens is 1. The summed E-state index contributed by atoms with van der Waals surface area (Å²) >= 11 is 1.51. The minimum absolute atomic E-state index is 0.443. The van der Waals surface area contributed by atoms with Gasteiger partial charge in [-0.15, -0.1) is 0 Å². The fourth-order valence-electron chi connectivity index (χ4n) is 1.14. The van der Waals surface area contributed by atoms with Gasteiger partial charge in [-0.2, -0.15) is 0 Å². The summed E-state index contributed by atoms with van der Waals surface area (Å²) in [6.45, 7) is -0.443. The van der Waals surface area contributed by atoms with E-state index in [1.54, 1.807) is 0 Å². The van der Waals surface area contributed by atoms with Gasteiger partial charge in [0, 0.05) is 0 Å². The van der Waals surface area contributed by atoms with Gasteiger partial charge in [0.25, 0.3) is 0 Å². The zero-order valence-corrected chi connectivity index (χ0v) is 8.73. The second-order valence-electron chi connectivity index (χ2n) is 2.79. The van der Waals surface area contributed by atoms with Crippen LogP contribution >= 0.6 is 23.0 Å². The molecule has 7 heteroatoms. The maximum absolute atomic E-state index is 9.27. The Morgan fingerprint density at radius 1 is 1.15 bits per heavy atom. The molecular formula is C6H11IO6. The monoisotopic (exact) mass is 306 g/mol. The Bertz CT molecular complexity index is 147. The number of aliphatic hydroxyl groups is 4. The van der Waals surface area contributed by atoms with Crippen molar-refractivity contribution in [3.05, 3.63) is 0 Å². The van der Waals surface area contributed by atoms with Crippen LogP contribution in [0.3, 0.4) is 0 Å². The van der Waals surface area contributed by atoms with Crippen molar-refractivity contribution in [1.82, 2.24) is 0 Å². The highest BCUT2D eigenvalue weighted by Gasteiger charge is 2.43. The van der Waals surface area contributed by atoms with E-state index in [1.165, 1.54) is 23.0 Å². The first-order chi connectivity index (χ1) is 6.11. The van der Waals surface area contributed by atoms with Crippen LogP contribution in [0.15, 0.2) is 0 Å².